The van der Waals surface area contributed by atoms with Crippen molar-refractivity contribution in [2.75, 3.05) is 0 Å². The van der Waals surface area contributed by atoms with Gasteiger partial charge in [0.15, 0.2) is 0 Å². The van der Waals surface area contributed by atoms with Gasteiger partial charge in [-0.25, -0.2) is 0 Å². The van der Waals surface area contributed by atoms with Crippen molar-refractivity contribution in [1.29, 1.82) is 21.0 Å². The van der Waals surface area contributed by atoms with E-state index in [0.29, 0.717) is 6.42 Å². The molecule has 4 nitrogen and oxygen atoms in total. The molecule has 4 heteroatoms. The lowest BCUT2D eigenvalue weighted by Crippen LogP contribution is -2.19. The van der Waals surface area contributed by atoms with E-state index in [1.54, 1.807) is 0 Å². The number of rotatable bonds is 5. The lowest BCUT2D eigenvalue weighted by Gasteiger charge is -2.24. The third-order valence-corrected chi connectivity index (χ3v) is 2.13. The highest BCUT2D eigenvalue weighted by Gasteiger charge is 2.29. The van der Waals surface area contributed by atoms with Crippen molar-refractivity contribution >= 4 is 0 Å². The summed E-state index contributed by atoms with van der Waals surface area (Å²) in [5, 5.41) is 34.2. The average Bonchev–Trinajstić information content (AvgIpc) is 2.16. The molecule has 0 aromatic heterocycles. The smallest absolute Gasteiger partial charge is 0.0628 e. The zero-order chi connectivity index (χ0) is 10.9. The maximum absolute atomic E-state index is 8.60. The van der Waals surface area contributed by atoms with E-state index < -0.39 is 5.41 Å². The van der Waals surface area contributed by atoms with Gasteiger partial charge in [0.25, 0.3) is 0 Å². The first-order chi connectivity index (χ1) is 6.74. The van der Waals surface area contributed by atoms with E-state index in [1.165, 1.54) is 0 Å². The Labute approximate surface area is 83.6 Å². The molecule has 0 aliphatic rings. The molecule has 0 atom stereocenters. The van der Waals surface area contributed by atoms with Crippen LogP contribution in [0, 0.1) is 50.7 Å². The van der Waals surface area contributed by atoms with Crippen LogP contribution in [0.3, 0.4) is 0 Å². The van der Waals surface area contributed by atoms with Gasteiger partial charge in [0, 0.05) is 31.1 Å². The van der Waals surface area contributed by atoms with Crippen molar-refractivity contribution in [2.45, 2.75) is 32.1 Å². The van der Waals surface area contributed by atoms with Crippen LogP contribution in [0.5, 0.6) is 0 Å². The minimum atomic E-state index is -0.603. The fourth-order valence-corrected chi connectivity index (χ4v) is 1.28. The van der Waals surface area contributed by atoms with Gasteiger partial charge in [0.2, 0.25) is 0 Å². The summed E-state index contributed by atoms with van der Waals surface area (Å²) in [6.45, 7) is 0. The normalized spacial score (nSPS) is 9.14. The molecule has 0 bridgehead atoms. The molecule has 0 fully saturated rings. The number of hydrogen-bond donors (Lipinski definition) is 0. The first-order valence-corrected chi connectivity index (χ1v) is 4.22. The van der Waals surface area contributed by atoms with Crippen molar-refractivity contribution in [3.05, 3.63) is 0 Å². The van der Waals surface area contributed by atoms with Gasteiger partial charge in [-0.1, -0.05) is 0 Å². The minimum Gasteiger partial charge on any atom is -0.198 e. The second-order valence-corrected chi connectivity index (χ2v) is 3.16. The van der Waals surface area contributed by atoms with Crippen LogP contribution in [0.1, 0.15) is 32.1 Å². The lowest BCUT2D eigenvalue weighted by molar-refractivity contribution is 0.285. The molecule has 0 amide bonds. The molecule has 14 heavy (non-hydrogen) atoms. The second-order valence-electron chi connectivity index (χ2n) is 3.16. The Morgan fingerprint density at radius 1 is 0.714 bits per heavy atom. The molecule has 0 aromatic rings. The molecule has 0 rings (SSSR count). The fourth-order valence-electron chi connectivity index (χ4n) is 1.28. The molecule has 70 valence electrons. The zero-order valence-corrected chi connectivity index (χ0v) is 7.82. The zero-order valence-electron chi connectivity index (χ0n) is 7.82. The molecule has 0 aromatic carbocycles. The van der Waals surface area contributed by atoms with E-state index in [2.05, 4.69) is 0 Å². The largest absolute Gasteiger partial charge is 0.198 e. The van der Waals surface area contributed by atoms with E-state index in [0.717, 1.165) is 0 Å². The van der Waals surface area contributed by atoms with Crippen molar-refractivity contribution < 1.29 is 0 Å². The van der Waals surface area contributed by atoms with Crippen molar-refractivity contribution in [1.82, 2.24) is 0 Å². The predicted molar refractivity (Wildman–Crippen MR) is 48.0 cm³/mol. The van der Waals surface area contributed by atoms with Gasteiger partial charge in [-0.15, -0.1) is 0 Å². The van der Waals surface area contributed by atoms with Crippen LogP contribution >= 0.6 is 0 Å². The average molecular weight is 186 g/mol. The second kappa shape index (κ2) is 6.47. The van der Waals surface area contributed by atoms with Crippen molar-refractivity contribution in [2.24, 2.45) is 5.41 Å². The van der Waals surface area contributed by atoms with Gasteiger partial charge >= 0.3 is 0 Å². The predicted octanol–water partition coefficient (Wildman–Crippen LogP) is 2.02. The Morgan fingerprint density at radius 2 is 1.14 bits per heavy atom. The summed E-state index contributed by atoms with van der Waals surface area (Å²) in [5.74, 6) is 0. The van der Waals surface area contributed by atoms with E-state index in [9.17, 15) is 0 Å². The van der Waals surface area contributed by atoms with Crippen LogP contribution in [0.4, 0.5) is 0 Å². The van der Waals surface area contributed by atoms with Gasteiger partial charge in [-0.2, -0.15) is 21.0 Å². The highest BCUT2D eigenvalue weighted by molar-refractivity contribution is 5.00. The van der Waals surface area contributed by atoms with Crippen LogP contribution in [-0.2, 0) is 0 Å². The Balaban J connectivity index is 4.61. The molecule has 0 saturated carbocycles. The molecule has 0 N–H and O–H groups in total. The maximum Gasteiger partial charge on any atom is 0.0628 e. The molecule has 0 unspecified atom stereocenters. The molecular formula is C10H10N4. The van der Waals surface area contributed by atoms with E-state index in [-0.39, 0.29) is 25.7 Å². The van der Waals surface area contributed by atoms with E-state index >= 15 is 0 Å². The van der Waals surface area contributed by atoms with Crippen molar-refractivity contribution in [3.63, 3.8) is 0 Å². The third-order valence-electron chi connectivity index (χ3n) is 2.13. The first kappa shape index (κ1) is 12.0. The molecular weight excluding hydrogens is 176 g/mol. The van der Waals surface area contributed by atoms with Gasteiger partial charge in [0.1, 0.15) is 0 Å². The standard InChI is InChI=1S/C10H10N4/c11-6-1-2-10(3-7-12,4-8-13)5-9-14/h1-5H2. The van der Waals surface area contributed by atoms with Crippen molar-refractivity contribution in [3.8, 4) is 24.3 Å². The molecule has 0 radical (unpaired) electrons. The van der Waals surface area contributed by atoms with Crippen LogP contribution in [0.15, 0.2) is 0 Å². The van der Waals surface area contributed by atoms with Crippen LogP contribution in [-0.4, -0.2) is 0 Å². The summed E-state index contributed by atoms with van der Waals surface area (Å²) in [6.07, 6.45) is 1.21. The first-order valence-electron chi connectivity index (χ1n) is 4.22. The Hall–Kier alpha value is -2.04. The summed E-state index contributed by atoms with van der Waals surface area (Å²) in [7, 11) is 0. The Kier molecular flexibility index (Phi) is 5.53. The fraction of sp³-hybridized carbons (Fsp3) is 0.600. The molecule has 0 spiro atoms. The Bertz CT molecular complexity index is 290. The van der Waals surface area contributed by atoms with Crippen LogP contribution < -0.4 is 0 Å². The highest BCUT2D eigenvalue weighted by atomic mass is 14.4. The summed E-state index contributed by atoms with van der Waals surface area (Å²) in [4.78, 5) is 0. The Morgan fingerprint density at radius 3 is 1.43 bits per heavy atom. The van der Waals surface area contributed by atoms with Gasteiger partial charge < -0.3 is 0 Å². The van der Waals surface area contributed by atoms with Crippen LogP contribution in [0.25, 0.3) is 0 Å². The summed E-state index contributed by atoms with van der Waals surface area (Å²) < 4.78 is 0. The summed E-state index contributed by atoms with van der Waals surface area (Å²) in [5.41, 5.74) is -0.603. The SMILES string of the molecule is N#CCCC(CC#N)(CC#N)CC#N. The number of nitrogens with zero attached hydrogens (tertiary/aromatic N) is 4. The molecule has 0 aliphatic heterocycles. The van der Waals surface area contributed by atoms with E-state index in [1.807, 2.05) is 24.3 Å². The van der Waals surface area contributed by atoms with Crippen LogP contribution in [0.2, 0.25) is 0 Å². The lowest BCUT2D eigenvalue weighted by atomic mass is 9.76. The molecule has 0 saturated heterocycles. The third kappa shape index (κ3) is 3.57. The number of nitriles is 4. The molecule has 0 heterocycles. The minimum absolute atomic E-state index is 0.163. The topological polar surface area (TPSA) is 95.2 Å². The maximum atomic E-state index is 8.60. The van der Waals surface area contributed by atoms with E-state index in [4.69, 9.17) is 21.0 Å². The number of hydrogen-bond acceptors (Lipinski definition) is 4. The highest BCUT2D eigenvalue weighted by Crippen LogP contribution is 2.35. The van der Waals surface area contributed by atoms with Gasteiger partial charge in [-0.05, 0) is 6.42 Å². The van der Waals surface area contributed by atoms with Gasteiger partial charge in [-0.3, -0.25) is 0 Å². The quantitative estimate of drug-likeness (QED) is 0.656. The van der Waals surface area contributed by atoms with Gasteiger partial charge in [0.05, 0.1) is 24.3 Å². The summed E-state index contributed by atoms with van der Waals surface area (Å²) >= 11 is 0. The monoisotopic (exact) mass is 186 g/mol. The molecule has 0 aliphatic carbocycles. The summed E-state index contributed by atoms with van der Waals surface area (Å²) in [6, 6.07) is 7.90.